The van der Waals surface area contributed by atoms with Gasteiger partial charge in [0.1, 0.15) is 0 Å². The molecule has 20 heavy (non-hydrogen) atoms. The second-order valence-electron chi connectivity index (χ2n) is 5.60. The third kappa shape index (κ3) is 4.10. The van der Waals surface area contributed by atoms with Gasteiger partial charge in [-0.05, 0) is 31.7 Å². The highest BCUT2D eigenvalue weighted by atomic mass is 16.5. The topological polar surface area (TPSA) is 43.3 Å². The zero-order chi connectivity index (χ0) is 14.4. The van der Waals surface area contributed by atoms with Gasteiger partial charge in [0.25, 0.3) is 5.56 Å². The van der Waals surface area contributed by atoms with Gasteiger partial charge in [0, 0.05) is 31.5 Å². The van der Waals surface area contributed by atoms with Crippen LogP contribution in [0.1, 0.15) is 46.0 Å². The first-order chi connectivity index (χ1) is 9.72. The maximum absolute atomic E-state index is 11.7. The Morgan fingerprint density at radius 2 is 2.20 bits per heavy atom. The molecule has 1 aromatic rings. The van der Waals surface area contributed by atoms with Crippen LogP contribution in [0.15, 0.2) is 23.1 Å². The second kappa shape index (κ2) is 7.48. The van der Waals surface area contributed by atoms with Crippen molar-refractivity contribution >= 4 is 5.69 Å². The summed E-state index contributed by atoms with van der Waals surface area (Å²) in [4.78, 5) is 11.7. The van der Waals surface area contributed by atoms with Crippen molar-refractivity contribution in [1.82, 2.24) is 4.57 Å². The summed E-state index contributed by atoms with van der Waals surface area (Å²) >= 11 is 0. The molecular weight excluding hydrogens is 252 g/mol. The number of nitrogens with zero attached hydrogens (tertiary/aromatic N) is 1. The lowest BCUT2D eigenvalue weighted by Gasteiger charge is -2.30. The second-order valence-corrected chi connectivity index (χ2v) is 5.60. The molecule has 112 valence electrons. The molecule has 1 saturated heterocycles. The normalized spacial score (nSPS) is 22.7. The van der Waals surface area contributed by atoms with Crippen molar-refractivity contribution in [2.45, 2.75) is 64.6 Å². The summed E-state index contributed by atoms with van der Waals surface area (Å²) in [5.41, 5.74) is 1.12. The van der Waals surface area contributed by atoms with Crippen molar-refractivity contribution in [3.63, 3.8) is 0 Å². The molecule has 1 N–H and O–H groups in total. The summed E-state index contributed by atoms with van der Waals surface area (Å²) in [7, 11) is 0. The minimum absolute atomic E-state index is 0.0771. The molecule has 0 radical (unpaired) electrons. The molecule has 0 amide bonds. The molecule has 2 atom stereocenters. The van der Waals surface area contributed by atoms with Gasteiger partial charge in [-0.2, -0.15) is 0 Å². The fourth-order valence-electron chi connectivity index (χ4n) is 2.80. The lowest BCUT2D eigenvalue weighted by molar-refractivity contribution is 0.00597. The summed E-state index contributed by atoms with van der Waals surface area (Å²) in [6, 6.07) is 3.99. The molecule has 0 aromatic carbocycles. The highest BCUT2D eigenvalue weighted by Gasteiger charge is 2.21. The van der Waals surface area contributed by atoms with Crippen LogP contribution in [-0.4, -0.2) is 23.3 Å². The van der Waals surface area contributed by atoms with Crippen LogP contribution in [0.2, 0.25) is 0 Å². The van der Waals surface area contributed by atoms with E-state index in [4.69, 9.17) is 4.74 Å². The first-order valence-corrected chi connectivity index (χ1v) is 7.81. The van der Waals surface area contributed by atoms with Crippen LogP contribution in [0.5, 0.6) is 0 Å². The van der Waals surface area contributed by atoms with Crippen molar-refractivity contribution < 1.29 is 4.74 Å². The van der Waals surface area contributed by atoms with E-state index in [2.05, 4.69) is 19.2 Å². The van der Waals surface area contributed by atoms with Gasteiger partial charge in [-0.3, -0.25) is 4.79 Å². The summed E-state index contributed by atoms with van der Waals surface area (Å²) < 4.78 is 7.56. The predicted octanol–water partition coefficient (Wildman–Crippen LogP) is 3.02. The molecule has 1 aliphatic heterocycles. The van der Waals surface area contributed by atoms with Crippen LogP contribution in [0.25, 0.3) is 0 Å². The molecule has 4 heteroatoms. The van der Waals surface area contributed by atoms with Crippen molar-refractivity contribution in [1.29, 1.82) is 0 Å². The van der Waals surface area contributed by atoms with E-state index in [1.54, 1.807) is 10.6 Å². The molecule has 1 aromatic heterocycles. The third-order valence-electron chi connectivity index (χ3n) is 3.80. The van der Waals surface area contributed by atoms with Crippen LogP contribution in [0.4, 0.5) is 5.69 Å². The number of hydrogen-bond acceptors (Lipinski definition) is 3. The monoisotopic (exact) mass is 278 g/mol. The van der Waals surface area contributed by atoms with Crippen LogP contribution >= 0.6 is 0 Å². The Kier molecular flexibility index (Phi) is 5.65. The van der Waals surface area contributed by atoms with Crippen molar-refractivity contribution in [3.8, 4) is 0 Å². The lowest BCUT2D eigenvalue weighted by atomic mass is 10.00. The smallest absolute Gasteiger partial charge is 0.250 e. The van der Waals surface area contributed by atoms with Gasteiger partial charge < -0.3 is 14.6 Å². The Hall–Kier alpha value is -1.29. The minimum atomic E-state index is 0.0771. The zero-order valence-corrected chi connectivity index (χ0v) is 12.6. The molecule has 1 fully saturated rings. The number of ether oxygens (including phenoxy) is 1. The van der Waals surface area contributed by atoms with Crippen LogP contribution in [0.3, 0.4) is 0 Å². The maximum Gasteiger partial charge on any atom is 0.250 e. The predicted molar refractivity (Wildman–Crippen MR) is 82.3 cm³/mol. The SMILES string of the molecule is CCCC1CC(Nc2ccc(=O)n(CCC)c2)CCO1. The number of aromatic nitrogens is 1. The molecule has 0 aliphatic carbocycles. The fraction of sp³-hybridized carbons (Fsp3) is 0.688. The number of rotatable bonds is 6. The van der Waals surface area contributed by atoms with E-state index in [0.717, 1.165) is 44.5 Å². The number of hydrogen-bond donors (Lipinski definition) is 1. The van der Waals surface area contributed by atoms with Crippen molar-refractivity contribution in [2.75, 3.05) is 11.9 Å². The summed E-state index contributed by atoms with van der Waals surface area (Å²) in [6.07, 6.45) is 7.68. The molecule has 0 saturated carbocycles. The van der Waals surface area contributed by atoms with Gasteiger partial charge in [0.15, 0.2) is 0 Å². The van der Waals surface area contributed by atoms with E-state index in [1.165, 1.54) is 6.42 Å². The molecule has 4 nitrogen and oxygen atoms in total. The Balaban J connectivity index is 1.98. The van der Waals surface area contributed by atoms with Gasteiger partial charge in [0.05, 0.1) is 11.8 Å². The maximum atomic E-state index is 11.7. The van der Waals surface area contributed by atoms with Crippen LogP contribution < -0.4 is 10.9 Å². The number of pyridine rings is 1. The first-order valence-electron chi connectivity index (χ1n) is 7.81. The largest absolute Gasteiger partial charge is 0.381 e. The number of nitrogens with one attached hydrogen (secondary N) is 1. The molecule has 1 aliphatic rings. The lowest BCUT2D eigenvalue weighted by Crippen LogP contribution is -2.34. The first kappa shape index (κ1) is 15.1. The fourth-order valence-corrected chi connectivity index (χ4v) is 2.80. The van der Waals surface area contributed by atoms with Gasteiger partial charge in [-0.15, -0.1) is 0 Å². The van der Waals surface area contributed by atoms with E-state index in [0.29, 0.717) is 12.1 Å². The average molecular weight is 278 g/mol. The summed E-state index contributed by atoms with van der Waals surface area (Å²) in [5.74, 6) is 0. The highest BCUT2D eigenvalue weighted by molar-refractivity contribution is 5.41. The van der Waals surface area contributed by atoms with E-state index in [-0.39, 0.29) is 5.56 Å². The van der Waals surface area contributed by atoms with Crippen LogP contribution in [-0.2, 0) is 11.3 Å². The molecule has 2 heterocycles. The molecule has 2 rings (SSSR count). The average Bonchev–Trinajstić information content (AvgIpc) is 2.44. The molecule has 2 unspecified atom stereocenters. The Morgan fingerprint density at radius 1 is 1.35 bits per heavy atom. The molecule has 0 bridgehead atoms. The third-order valence-corrected chi connectivity index (χ3v) is 3.80. The number of anilines is 1. The highest BCUT2D eigenvalue weighted by Crippen LogP contribution is 2.21. The van der Waals surface area contributed by atoms with Crippen LogP contribution in [0, 0.1) is 0 Å². The van der Waals surface area contributed by atoms with Gasteiger partial charge >= 0.3 is 0 Å². The number of aryl methyl sites for hydroxylation is 1. The standard InChI is InChI=1S/C16H26N2O2/c1-3-5-15-11-13(8-10-20-15)17-14-6-7-16(19)18(12-14)9-4-2/h6-7,12-13,15,17H,3-5,8-11H2,1-2H3. The Bertz CT molecular complexity index is 468. The Labute approximate surface area is 121 Å². The molecule has 0 spiro atoms. The van der Waals surface area contributed by atoms with Gasteiger partial charge in [-0.25, -0.2) is 0 Å². The van der Waals surface area contributed by atoms with Gasteiger partial charge in [0.2, 0.25) is 0 Å². The van der Waals surface area contributed by atoms with E-state index >= 15 is 0 Å². The van der Waals surface area contributed by atoms with Crippen molar-refractivity contribution in [2.24, 2.45) is 0 Å². The molecular formula is C16H26N2O2. The van der Waals surface area contributed by atoms with E-state index < -0.39 is 0 Å². The van der Waals surface area contributed by atoms with Crippen molar-refractivity contribution in [3.05, 3.63) is 28.7 Å². The quantitative estimate of drug-likeness (QED) is 0.870. The van der Waals surface area contributed by atoms with Gasteiger partial charge in [-0.1, -0.05) is 20.3 Å². The van der Waals surface area contributed by atoms with E-state index in [1.807, 2.05) is 12.3 Å². The summed E-state index contributed by atoms with van der Waals surface area (Å²) in [6.45, 7) is 5.89. The minimum Gasteiger partial charge on any atom is -0.381 e. The van der Waals surface area contributed by atoms with E-state index in [9.17, 15) is 4.79 Å². The Morgan fingerprint density at radius 3 is 2.95 bits per heavy atom. The summed E-state index contributed by atoms with van der Waals surface area (Å²) in [5, 5.41) is 3.56. The zero-order valence-electron chi connectivity index (χ0n) is 12.6.